The molecule has 3 aliphatic rings. The van der Waals surface area contributed by atoms with Gasteiger partial charge in [-0.25, -0.2) is 0 Å². The molecule has 3 heterocycles. The Morgan fingerprint density at radius 2 is 0.863 bits per heavy atom. The third kappa shape index (κ3) is 27.6. The largest absolute Gasteiger partial charge is 0.394 e. The van der Waals surface area contributed by atoms with Gasteiger partial charge in [0, 0.05) is 6.42 Å². The predicted molar refractivity (Wildman–Crippen MR) is 305 cm³/mol. The van der Waals surface area contributed by atoms with Gasteiger partial charge in [0.25, 0.3) is 0 Å². The van der Waals surface area contributed by atoms with Crippen LogP contribution in [0, 0.1) is 0 Å². The molecular formula is C61H109NO18. The average Bonchev–Trinajstić information content (AvgIpc) is 3.50. The third-order valence-electron chi connectivity index (χ3n) is 15.4. The Morgan fingerprint density at radius 1 is 0.463 bits per heavy atom. The number of rotatable bonds is 45. The van der Waals surface area contributed by atoms with Gasteiger partial charge in [-0.3, -0.25) is 4.79 Å². The van der Waals surface area contributed by atoms with E-state index in [1.807, 2.05) is 0 Å². The Morgan fingerprint density at radius 3 is 1.35 bits per heavy atom. The molecule has 12 N–H and O–H groups in total. The van der Waals surface area contributed by atoms with Crippen molar-refractivity contribution >= 4 is 5.91 Å². The maximum atomic E-state index is 13.4. The van der Waals surface area contributed by atoms with Crippen molar-refractivity contribution in [3.63, 3.8) is 0 Å². The number of hydrogen-bond acceptors (Lipinski definition) is 18. The van der Waals surface area contributed by atoms with Crippen molar-refractivity contribution in [3.8, 4) is 0 Å². The summed E-state index contributed by atoms with van der Waals surface area (Å²) in [5.74, 6) is -0.258. The summed E-state index contributed by atoms with van der Waals surface area (Å²) in [5.41, 5.74) is 0. The smallest absolute Gasteiger partial charge is 0.220 e. The van der Waals surface area contributed by atoms with E-state index in [0.29, 0.717) is 12.8 Å². The number of nitrogens with one attached hydrogen (secondary N) is 1. The van der Waals surface area contributed by atoms with Crippen LogP contribution in [0.1, 0.15) is 200 Å². The van der Waals surface area contributed by atoms with E-state index in [2.05, 4.69) is 67.8 Å². The second kappa shape index (κ2) is 44.3. The van der Waals surface area contributed by atoms with Crippen LogP contribution in [0.15, 0.2) is 48.6 Å². The van der Waals surface area contributed by atoms with Gasteiger partial charge in [-0.1, -0.05) is 191 Å². The molecule has 0 radical (unpaired) electrons. The zero-order valence-electron chi connectivity index (χ0n) is 48.5. The van der Waals surface area contributed by atoms with E-state index in [9.17, 15) is 61.0 Å². The van der Waals surface area contributed by atoms with Gasteiger partial charge in [-0.2, -0.15) is 0 Å². The van der Waals surface area contributed by atoms with Crippen molar-refractivity contribution < 1.29 is 89.4 Å². The summed E-state index contributed by atoms with van der Waals surface area (Å²) < 4.78 is 34.3. The SMILES string of the molecule is CC/C=C\C/C=C\C/C=C\C/C=C\CCCCCCCCC(=O)NC(COC1OC(CO)C(OC2OC(CO)C(OC3OC(CO)C(O)C(O)C3O)C(O)C2O)C(O)C1O)C(O)CCCCCCCCCCCCCCCCCC. The molecular weight excluding hydrogens is 1030 g/mol. The van der Waals surface area contributed by atoms with Crippen molar-refractivity contribution in [2.24, 2.45) is 0 Å². The summed E-state index contributed by atoms with van der Waals surface area (Å²) in [6, 6.07) is -0.896. The topological polar surface area (TPSA) is 307 Å². The molecule has 3 aliphatic heterocycles. The standard InChI is InChI=1S/C61H109NO18/c1-3-5-7-9-11-13-15-17-19-21-22-23-25-27-29-31-33-35-37-39-49(67)62-44(45(66)38-36-34-32-30-28-26-24-20-18-16-14-12-10-8-6-4-2)43-75-59-55(73)52(70)57(47(41-64)77-59)80-61-56(74)53(71)58(48(42-65)78-61)79-60-54(72)51(69)50(68)46(40-63)76-60/h5,7,11,13,17,19,22-23,44-48,50-61,63-66,68-74H,3-4,6,8-10,12,14-16,18,20-21,24-43H2,1-2H3,(H,62,67)/b7-5-,13-11-,19-17-,23-22-. The van der Waals surface area contributed by atoms with Crippen LogP contribution >= 0.6 is 0 Å². The molecule has 19 heteroatoms. The summed E-state index contributed by atoms with van der Waals surface area (Å²) in [5, 5.41) is 120. The maximum Gasteiger partial charge on any atom is 0.220 e. The molecule has 80 heavy (non-hydrogen) atoms. The number of aliphatic hydroxyl groups is 11. The Hall–Kier alpha value is -2.25. The number of ether oxygens (including phenoxy) is 6. The maximum absolute atomic E-state index is 13.4. The number of carbonyl (C=O) groups excluding carboxylic acids is 1. The normalized spacial score (nSPS) is 30.3. The van der Waals surface area contributed by atoms with Crippen LogP contribution in [0.2, 0.25) is 0 Å². The van der Waals surface area contributed by atoms with Crippen molar-refractivity contribution in [1.82, 2.24) is 5.32 Å². The van der Waals surface area contributed by atoms with Gasteiger partial charge in [0.05, 0.1) is 38.6 Å². The molecule has 466 valence electrons. The highest BCUT2D eigenvalue weighted by Gasteiger charge is 2.53. The first-order chi connectivity index (χ1) is 38.8. The Bertz CT molecular complexity index is 1650. The van der Waals surface area contributed by atoms with Gasteiger partial charge in [-0.15, -0.1) is 0 Å². The van der Waals surface area contributed by atoms with Crippen LogP contribution in [-0.4, -0.2) is 193 Å². The fourth-order valence-electron chi connectivity index (χ4n) is 10.4. The molecule has 0 saturated carbocycles. The molecule has 3 saturated heterocycles. The van der Waals surface area contributed by atoms with Crippen molar-refractivity contribution in [2.75, 3.05) is 26.4 Å². The molecule has 0 aliphatic carbocycles. The summed E-state index contributed by atoms with van der Waals surface area (Å²) in [6.07, 6.45) is 21.8. The molecule has 19 nitrogen and oxygen atoms in total. The average molecular weight is 1140 g/mol. The highest BCUT2D eigenvalue weighted by atomic mass is 16.8. The van der Waals surface area contributed by atoms with E-state index in [1.54, 1.807) is 0 Å². The van der Waals surface area contributed by atoms with Crippen molar-refractivity contribution in [1.29, 1.82) is 0 Å². The van der Waals surface area contributed by atoms with Gasteiger partial charge < -0.3 is 89.9 Å². The molecule has 0 aromatic carbocycles. The highest BCUT2D eigenvalue weighted by Crippen LogP contribution is 2.33. The molecule has 17 atom stereocenters. The molecule has 17 unspecified atom stereocenters. The molecule has 0 aromatic heterocycles. The van der Waals surface area contributed by atoms with E-state index in [0.717, 1.165) is 89.9 Å². The minimum absolute atomic E-state index is 0.249. The zero-order valence-corrected chi connectivity index (χ0v) is 48.5. The molecule has 0 bridgehead atoms. The van der Waals surface area contributed by atoms with E-state index in [4.69, 9.17) is 28.4 Å². The molecule has 3 fully saturated rings. The molecule has 0 aromatic rings. The fourth-order valence-corrected chi connectivity index (χ4v) is 10.4. The van der Waals surface area contributed by atoms with Crippen LogP contribution in [-0.2, 0) is 33.2 Å². The third-order valence-corrected chi connectivity index (χ3v) is 15.4. The van der Waals surface area contributed by atoms with Crippen molar-refractivity contribution in [3.05, 3.63) is 48.6 Å². The number of unbranched alkanes of at least 4 members (excludes halogenated alkanes) is 21. The van der Waals surface area contributed by atoms with Gasteiger partial charge >= 0.3 is 0 Å². The summed E-state index contributed by atoms with van der Waals surface area (Å²) >= 11 is 0. The van der Waals surface area contributed by atoms with E-state index in [-0.39, 0.29) is 18.9 Å². The highest BCUT2D eigenvalue weighted by molar-refractivity contribution is 5.76. The fraction of sp³-hybridized carbons (Fsp3) is 0.852. The molecule has 0 spiro atoms. The van der Waals surface area contributed by atoms with Crippen LogP contribution in [0.25, 0.3) is 0 Å². The number of hydrogen-bond donors (Lipinski definition) is 12. The van der Waals surface area contributed by atoms with Crippen LogP contribution in [0.5, 0.6) is 0 Å². The Kier molecular flexibility index (Phi) is 39.8. The van der Waals surface area contributed by atoms with Crippen LogP contribution in [0.3, 0.4) is 0 Å². The van der Waals surface area contributed by atoms with Crippen molar-refractivity contribution in [2.45, 2.75) is 304 Å². The lowest BCUT2D eigenvalue weighted by molar-refractivity contribution is -0.379. The second-order valence-corrected chi connectivity index (χ2v) is 22.1. The van der Waals surface area contributed by atoms with E-state index < -0.39 is 124 Å². The minimum atomic E-state index is -1.97. The first kappa shape index (κ1) is 72.0. The van der Waals surface area contributed by atoms with Gasteiger partial charge in [0.2, 0.25) is 5.91 Å². The van der Waals surface area contributed by atoms with Crippen LogP contribution < -0.4 is 5.32 Å². The number of carbonyl (C=O) groups is 1. The Labute approximate surface area is 478 Å². The summed E-state index contributed by atoms with van der Waals surface area (Å²) in [4.78, 5) is 13.4. The predicted octanol–water partition coefficient (Wildman–Crippen LogP) is 5.87. The molecule has 1 amide bonds. The number of aliphatic hydroxyl groups excluding tert-OH is 11. The lowest BCUT2D eigenvalue weighted by Crippen LogP contribution is -2.66. The summed E-state index contributed by atoms with van der Waals surface area (Å²) in [7, 11) is 0. The monoisotopic (exact) mass is 1140 g/mol. The van der Waals surface area contributed by atoms with E-state index in [1.165, 1.54) is 77.0 Å². The number of amides is 1. The zero-order chi connectivity index (χ0) is 58.3. The molecule has 3 rings (SSSR count). The lowest BCUT2D eigenvalue weighted by Gasteiger charge is -2.48. The van der Waals surface area contributed by atoms with Gasteiger partial charge in [0.15, 0.2) is 18.9 Å². The first-order valence-electron chi connectivity index (χ1n) is 30.9. The Balaban J connectivity index is 1.49. The van der Waals surface area contributed by atoms with Gasteiger partial charge in [-0.05, 0) is 51.4 Å². The number of allylic oxidation sites excluding steroid dienone is 8. The van der Waals surface area contributed by atoms with Gasteiger partial charge in [0.1, 0.15) is 73.2 Å². The minimum Gasteiger partial charge on any atom is -0.394 e. The first-order valence-corrected chi connectivity index (χ1v) is 30.9. The van der Waals surface area contributed by atoms with E-state index >= 15 is 0 Å². The second-order valence-electron chi connectivity index (χ2n) is 22.1. The lowest BCUT2D eigenvalue weighted by atomic mass is 9.96. The quantitative estimate of drug-likeness (QED) is 0.0250. The van der Waals surface area contributed by atoms with Crippen LogP contribution in [0.4, 0.5) is 0 Å². The summed E-state index contributed by atoms with van der Waals surface area (Å²) in [6.45, 7) is 1.66.